The highest BCUT2D eigenvalue weighted by molar-refractivity contribution is 5.98. The Balaban J connectivity index is 1.42. The highest BCUT2D eigenvalue weighted by atomic mass is 16.2. The first kappa shape index (κ1) is 16.2. The number of amides is 1. The second-order valence-corrected chi connectivity index (χ2v) is 7.37. The van der Waals surface area contributed by atoms with Gasteiger partial charge in [0.15, 0.2) is 0 Å². The average molecular weight is 359 g/mol. The van der Waals surface area contributed by atoms with Gasteiger partial charge in [-0.2, -0.15) is 15.0 Å². The molecule has 0 aliphatic carbocycles. The Morgan fingerprint density at radius 1 is 1.00 bits per heavy atom. The zero-order chi connectivity index (χ0) is 18.2. The number of nitrogens with zero attached hydrogens (tertiary/aromatic N) is 5. The normalized spacial score (nSPS) is 23.7. The average Bonchev–Trinajstić information content (AvgIpc) is 3.45. The first-order chi connectivity index (χ1) is 13.3. The lowest BCUT2D eigenvalue weighted by atomic mass is 9.86. The molecular formula is C21H21N5O. The molecule has 1 aromatic carbocycles. The Kier molecular flexibility index (Phi) is 3.96. The summed E-state index contributed by atoms with van der Waals surface area (Å²) in [5.41, 5.74) is 2.52. The molecule has 4 heterocycles. The third-order valence-electron chi connectivity index (χ3n) is 5.87. The summed E-state index contributed by atoms with van der Waals surface area (Å²) in [5.74, 6) is 0.580. The van der Waals surface area contributed by atoms with Crippen LogP contribution in [0.4, 0.5) is 0 Å². The van der Waals surface area contributed by atoms with Crippen LogP contribution in [0.2, 0.25) is 0 Å². The summed E-state index contributed by atoms with van der Waals surface area (Å²) in [6.45, 7) is 0. The molecule has 136 valence electrons. The van der Waals surface area contributed by atoms with Crippen molar-refractivity contribution in [3.8, 4) is 5.69 Å². The minimum atomic E-state index is 0.0962. The molecule has 6 nitrogen and oxygen atoms in total. The summed E-state index contributed by atoms with van der Waals surface area (Å²) in [5, 5.41) is 8.41. The van der Waals surface area contributed by atoms with E-state index in [4.69, 9.17) is 0 Å². The Morgan fingerprint density at radius 2 is 1.81 bits per heavy atom. The zero-order valence-corrected chi connectivity index (χ0v) is 15.0. The largest absolute Gasteiger partial charge is 0.332 e. The van der Waals surface area contributed by atoms with Crippen molar-refractivity contribution in [1.82, 2.24) is 24.9 Å². The van der Waals surface area contributed by atoms with Gasteiger partial charge in [-0.05, 0) is 55.9 Å². The highest BCUT2D eigenvalue weighted by Gasteiger charge is 2.48. The van der Waals surface area contributed by atoms with Gasteiger partial charge < -0.3 is 4.90 Å². The maximum Gasteiger partial charge on any atom is 0.256 e. The van der Waals surface area contributed by atoms with Crippen LogP contribution in [0.15, 0.2) is 61.1 Å². The number of para-hydroxylation sites is 1. The summed E-state index contributed by atoms with van der Waals surface area (Å²) in [4.78, 5) is 21.6. The molecule has 1 amide bonds. The molecule has 3 unspecified atom stereocenters. The first-order valence-corrected chi connectivity index (χ1v) is 9.49. The number of carbonyl (C=O) groups excluding carboxylic acids is 1. The third-order valence-corrected chi connectivity index (χ3v) is 5.87. The van der Waals surface area contributed by atoms with Crippen molar-refractivity contribution in [2.24, 2.45) is 5.92 Å². The molecule has 2 saturated heterocycles. The molecule has 0 N–H and O–H groups in total. The Labute approximate surface area is 157 Å². The fraction of sp³-hybridized carbons (Fsp3) is 0.333. The van der Waals surface area contributed by atoms with Gasteiger partial charge in [-0.15, -0.1) is 0 Å². The number of benzene rings is 1. The van der Waals surface area contributed by atoms with Crippen LogP contribution in [-0.4, -0.2) is 42.9 Å². The van der Waals surface area contributed by atoms with Gasteiger partial charge in [0.05, 0.1) is 23.6 Å². The molecule has 0 radical (unpaired) electrons. The van der Waals surface area contributed by atoms with E-state index >= 15 is 0 Å². The fourth-order valence-corrected chi connectivity index (χ4v) is 4.74. The molecule has 3 atom stereocenters. The van der Waals surface area contributed by atoms with Crippen molar-refractivity contribution in [2.45, 2.75) is 37.8 Å². The number of fused-ring (bicyclic) bond motifs is 2. The van der Waals surface area contributed by atoms with Crippen molar-refractivity contribution in [3.63, 3.8) is 0 Å². The van der Waals surface area contributed by atoms with E-state index in [1.165, 1.54) is 4.80 Å². The second kappa shape index (κ2) is 6.61. The molecule has 2 aliphatic rings. The van der Waals surface area contributed by atoms with Gasteiger partial charge in [-0.25, -0.2) is 0 Å². The number of carbonyl (C=O) groups is 1. The number of aromatic nitrogens is 4. The van der Waals surface area contributed by atoms with Crippen LogP contribution < -0.4 is 0 Å². The predicted molar refractivity (Wildman–Crippen MR) is 100 cm³/mol. The van der Waals surface area contributed by atoms with Gasteiger partial charge in [0, 0.05) is 24.0 Å². The molecule has 2 bridgehead atoms. The second-order valence-electron chi connectivity index (χ2n) is 7.37. The van der Waals surface area contributed by atoms with Gasteiger partial charge in [0.1, 0.15) is 0 Å². The van der Waals surface area contributed by atoms with Gasteiger partial charge in [0.25, 0.3) is 5.91 Å². The van der Waals surface area contributed by atoms with E-state index < -0.39 is 0 Å². The monoisotopic (exact) mass is 359 g/mol. The summed E-state index contributed by atoms with van der Waals surface area (Å²) < 4.78 is 0. The predicted octanol–water partition coefficient (Wildman–Crippen LogP) is 2.90. The molecule has 2 fully saturated rings. The van der Waals surface area contributed by atoms with Crippen molar-refractivity contribution in [1.29, 1.82) is 0 Å². The number of rotatable bonds is 4. The molecule has 6 heteroatoms. The lowest BCUT2D eigenvalue weighted by molar-refractivity contribution is 0.0718. The SMILES string of the molecule is O=C(c1ccccc1-n1nccn1)N1C2CCC1C(Cc1ccccn1)C2. The summed E-state index contributed by atoms with van der Waals surface area (Å²) >= 11 is 0. The number of pyridine rings is 1. The maximum atomic E-state index is 13.5. The van der Waals surface area contributed by atoms with Crippen LogP contribution in [0.3, 0.4) is 0 Å². The van der Waals surface area contributed by atoms with E-state index in [1.807, 2.05) is 42.6 Å². The topological polar surface area (TPSA) is 63.9 Å². The van der Waals surface area contributed by atoms with Gasteiger partial charge in [-0.1, -0.05) is 18.2 Å². The summed E-state index contributed by atoms with van der Waals surface area (Å²) in [6.07, 6.45) is 9.28. The van der Waals surface area contributed by atoms with Crippen LogP contribution in [0.5, 0.6) is 0 Å². The molecule has 27 heavy (non-hydrogen) atoms. The van der Waals surface area contributed by atoms with Crippen LogP contribution in [-0.2, 0) is 6.42 Å². The summed E-state index contributed by atoms with van der Waals surface area (Å²) in [6, 6.07) is 14.3. The fourth-order valence-electron chi connectivity index (χ4n) is 4.74. The van der Waals surface area contributed by atoms with Crippen molar-refractivity contribution < 1.29 is 4.79 Å². The third kappa shape index (κ3) is 2.81. The van der Waals surface area contributed by atoms with E-state index in [2.05, 4.69) is 26.1 Å². The van der Waals surface area contributed by atoms with Crippen LogP contribution >= 0.6 is 0 Å². The Hall–Kier alpha value is -3.02. The quantitative estimate of drug-likeness (QED) is 0.718. The van der Waals surface area contributed by atoms with Gasteiger partial charge in [0.2, 0.25) is 0 Å². The minimum Gasteiger partial charge on any atom is -0.332 e. The maximum absolute atomic E-state index is 13.5. The highest BCUT2D eigenvalue weighted by Crippen LogP contribution is 2.44. The molecule has 2 aliphatic heterocycles. The smallest absolute Gasteiger partial charge is 0.256 e. The van der Waals surface area contributed by atoms with E-state index in [9.17, 15) is 4.79 Å². The molecule has 5 rings (SSSR count). The molecule has 0 saturated carbocycles. The summed E-state index contributed by atoms with van der Waals surface area (Å²) in [7, 11) is 0. The van der Waals surface area contributed by atoms with Crippen molar-refractivity contribution in [2.75, 3.05) is 0 Å². The lowest BCUT2D eigenvalue weighted by Gasteiger charge is -2.25. The molecule has 2 aromatic heterocycles. The van der Waals surface area contributed by atoms with Crippen molar-refractivity contribution in [3.05, 3.63) is 72.3 Å². The number of hydrogen-bond acceptors (Lipinski definition) is 4. The van der Waals surface area contributed by atoms with E-state index in [-0.39, 0.29) is 5.91 Å². The molecule has 0 spiro atoms. The van der Waals surface area contributed by atoms with E-state index in [1.54, 1.807) is 12.4 Å². The van der Waals surface area contributed by atoms with Crippen LogP contribution in [0.25, 0.3) is 5.69 Å². The first-order valence-electron chi connectivity index (χ1n) is 9.49. The molecule has 3 aromatic rings. The van der Waals surface area contributed by atoms with Crippen molar-refractivity contribution >= 4 is 5.91 Å². The molecular weight excluding hydrogens is 338 g/mol. The zero-order valence-electron chi connectivity index (χ0n) is 15.0. The van der Waals surface area contributed by atoms with Gasteiger partial charge >= 0.3 is 0 Å². The van der Waals surface area contributed by atoms with E-state index in [0.717, 1.165) is 37.1 Å². The minimum absolute atomic E-state index is 0.0962. The Morgan fingerprint density at radius 3 is 2.63 bits per heavy atom. The van der Waals surface area contributed by atoms with Gasteiger partial charge in [-0.3, -0.25) is 9.78 Å². The van der Waals surface area contributed by atoms with Crippen LogP contribution in [0, 0.1) is 5.92 Å². The van der Waals surface area contributed by atoms with Crippen LogP contribution in [0.1, 0.15) is 35.3 Å². The van der Waals surface area contributed by atoms with E-state index in [0.29, 0.717) is 23.6 Å². The Bertz CT molecular complexity index is 940. The standard InChI is InChI=1S/C21H21N5O/c27-21(18-6-1-2-7-20(18)26-23-11-12-24-26)25-17-8-9-19(25)15(14-17)13-16-5-3-4-10-22-16/h1-7,10-12,15,17,19H,8-9,13-14H2. The number of hydrogen-bond donors (Lipinski definition) is 0. The lowest BCUT2D eigenvalue weighted by Crippen LogP contribution is -2.37.